The topological polar surface area (TPSA) is 61.1 Å². The van der Waals surface area contributed by atoms with Crippen molar-refractivity contribution in [2.45, 2.75) is 0 Å². The van der Waals surface area contributed by atoms with Crippen LogP contribution < -0.4 is 0 Å². The van der Waals surface area contributed by atoms with Crippen LogP contribution in [0.15, 0.2) is 60.7 Å². The molecule has 0 aliphatic carbocycles. The fraction of sp³-hybridized carbons (Fsp3) is 0. The maximum Gasteiger partial charge on any atom is 0.337 e. The van der Waals surface area contributed by atoms with Gasteiger partial charge in [-0.2, -0.15) is 5.26 Å². The van der Waals surface area contributed by atoms with Crippen molar-refractivity contribution in [3.05, 3.63) is 66.2 Å². The van der Waals surface area contributed by atoms with E-state index in [9.17, 15) is 9.90 Å². The van der Waals surface area contributed by atoms with E-state index in [1.807, 2.05) is 42.5 Å². The van der Waals surface area contributed by atoms with Crippen LogP contribution in [-0.4, -0.2) is 11.1 Å². The van der Waals surface area contributed by atoms with Gasteiger partial charge in [-0.15, -0.1) is 0 Å². The van der Waals surface area contributed by atoms with Gasteiger partial charge in [-0.05, 0) is 16.7 Å². The molecule has 0 heterocycles. The maximum absolute atomic E-state index is 11.3. The van der Waals surface area contributed by atoms with Crippen LogP contribution in [0.25, 0.3) is 16.7 Å². The van der Waals surface area contributed by atoms with Gasteiger partial charge in [0, 0.05) is 6.08 Å². The highest BCUT2D eigenvalue weighted by atomic mass is 16.4. The van der Waals surface area contributed by atoms with Gasteiger partial charge in [0.15, 0.2) is 0 Å². The molecule has 0 unspecified atom stereocenters. The average molecular weight is 249 g/mol. The van der Waals surface area contributed by atoms with Crippen molar-refractivity contribution in [1.29, 1.82) is 5.26 Å². The molecule has 19 heavy (non-hydrogen) atoms. The molecule has 92 valence electrons. The van der Waals surface area contributed by atoms with Crippen LogP contribution in [0.3, 0.4) is 0 Å². The minimum Gasteiger partial charge on any atom is -0.478 e. The Morgan fingerprint density at radius 1 is 1.05 bits per heavy atom. The van der Waals surface area contributed by atoms with Crippen LogP contribution in [-0.2, 0) is 4.79 Å². The molecule has 0 atom stereocenters. The number of aliphatic carboxylic acids is 1. The number of allylic oxidation sites excluding steroid dienone is 1. The third-order valence-electron chi connectivity index (χ3n) is 2.74. The molecule has 0 aliphatic rings. The molecule has 0 aromatic heterocycles. The van der Waals surface area contributed by atoms with Crippen LogP contribution in [0.1, 0.15) is 5.56 Å². The molecule has 0 bridgehead atoms. The molecule has 2 aromatic carbocycles. The Hall–Kier alpha value is -2.86. The van der Waals surface area contributed by atoms with Gasteiger partial charge in [-0.25, -0.2) is 4.79 Å². The van der Waals surface area contributed by atoms with Crippen LogP contribution in [0.5, 0.6) is 0 Å². The zero-order valence-corrected chi connectivity index (χ0v) is 10.1. The second-order valence-electron chi connectivity index (χ2n) is 3.90. The number of hydrogen-bond acceptors (Lipinski definition) is 2. The molecule has 3 nitrogen and oxygen atoms in total. The predicted molar refractivity (Wildman–Crippen MR) is 73.1 cm³/mol. The summed E-state index contributed by atoms with van der Waals surface area (Å²) < 4.78 is 0. The number of nitrogens with zero attached hydrogens (tertiary/aromatic N) is 1. The van der Waals surface area contributed by atoms with Gasteiger partial charge in [0.25, 0.3) is 0 Å². The molecule has 1 N–H and O–H groups in total. The molecule has 0 saturated carbocycles. The first-order valence-electron chi connectivity index (χ1n) is 5.72. The Bertz CT molecular complexity index is 667. The van der Waals surface area contributed by atoms with E-state index in [-0.39, 0.29) is 5.57 Å². The highest BCUT2D eigenvalue weighted by Crippen LogP contribution is 2.28. The molecule has 0 amide bonds. The lowest BCUT2D eigenvalue weighted by molar-refractivity contribution is -0.130. The quantitative estimate of drug-likeness (QED) is 0.670. The van der Waals surface area contributed by atoms with E-state index in [1.54, 1.807) is 18.2 Å². The van der Waals surface area contributed by atoms with Crippen molar-refractivity contribution >= 4 is 11.5 Å². The second-order valence-corrected chi connectivity index (χ2v) is 3.90. The van der Waals surface area contributed by atoms with Crippen molar-refractivity contribution in [2.75, 3.05) is 0 Å². The Morgan fingerprint density at radius 3 is 2.32 bits per heavy atom. The van der Waals surface area contributed by atoms with Gasteiger partial charge in [0.2, 0.25) is 0 Å². The maximum atomic E-state index is 11.3. The molecule has 0 fully saturated rings. The largest absolute Gasteiger partial charge is 0.478 e. The van der Waals surface area contributed by atoms with Gasteiger partial charge < -0.3 is 5.11 Å². The van der Waals surface area contributed by atoms with Crippen LogP contribution >= 0.6 is 0 Å². The summed E-state index contributed by atoms with van der Waals surface area (Å²) in [6.45, 7) is 0. The zero-order chi connectivity index (χ0) is 13.7. The lowest BCUT2D eigenvalue weighted by Gasteiger charge is -2.09. The van der Waals surface area contributed by atoms with Gasteiger partial charge >= 0.3 is 5.97 Å². The van der Waals surface area contributed by atoms with Crippen molar-refractivity contribution in [2.24, 2.45) is 0 Å². The monoisotopic (exact) mass is 249 g/mol. The molecular weight excluding hydrogens is 238 g/mol. The Morgan fingerprint density at radius 2 is 1.68 bits per heavy atom. The van der Waals surface area contributed by atoms with Crippen molar-refractivity contribution in [1.82, 2.24) is 0 Å². The first-order valence-corrected chi connectivity index (χ1v) is 5.72. The lowest BCUT2D eigenvalue weighted by atomic mass is 9.94. The van der Waals surface area contributed by atoms with Crippen LogP contribution in [0.2, 0.25) is 0 Å². The average Bonchev–Trinajstić information content (AvgIpc) is 2.45. The van der Waals surface area contributed by atoms with Crippen molar-refractivity contribution < 1.29 is 9.90 Å². The fourth-order valence-corrected chi connectivity index (χ4v) is 1.91. The van der Waals surface area contributed by atoms with Crippen LogP contribution in [0.4, 0.5) is 0 Å². The summed E-state index contributed by atoms with van der Waals surface area (Å²) in [4.78, 5) is 11.3. The number of rotatable bonds is 3. The van der Waals surface area contributed by atoms with Crippen LogP contribution in [0, 0.1) is 11.3 Å². The summed E-state index contributed by atoms with van der Waals surface area (Å²) in [5, 5.41) is 17.9. The predicted octanol–water partition coefficient (Wildman–Crippen LogP) is 3.35. The summed E-state index contributed by atoms with van der Waals surface area (Å²) in [5.41, 5.74) is 2.26. The number of carboxylic acids is 1. The molecule has 3 heteroatoms. The van der Waals surface area contributed by atoms with Crippen molar-refractivity contribution in [3.63, 3.8) is 0 Å². The number of benzene rings is 2. The smallest absolute Gasteiger partial charge is 0.337 e. The van der Waals surface area contributed by atoms with E-state index in [4.69, 9.17) is 5.26 Å². The number of carbonyl (C=O) groups is 1. The number of nitriles is 1. The Labute approximate surface area is 111 Å². The fourth-order valence-electron chi connectivity index (χ4n) is 1.91. The number of carboxylic acid groups (broad SMARTS) is 1. The summed E-state index contributed by atoms with van der Waals surface area (Å²) in [7, 11) is 0. The normalized spacial score (nSPS) is 10.8. The summed E-state index contributed by atoms with van der Waals surface area (Å²) in [5.74, 6) is -1.11. The van der Waals surface area contributed by atoms with E-state index in [0.717, 1.165) is 17.2 Å². The molecule has 2 aromatic rings. The summed E-state index contributed by atoms with van der Waals surface area (Å²) in [6.07, 6.45) is 1.06. The molecule has 0 spiro atoms. The SMILES string of the molecule is N#CC=C(C(=O)O)c1ccccc1-c1ccccc1. The molecule has 2 rings (SSSR count). The second kappa shape index (κ2) is 5.65. The van der Waals surface area contributed by atoms with E-state index >= 15 is 0 Å². The number of hydrogen-bond donors (Lipinski definition) is 1. The zero-order valence-electron chi connectivity index (χ0n) is 10.1. The Kier molecular flexibility index (Phi) is 3.75. The van der Waals surface area contributed by atoms with Gasteiger partial charge in [0.05, 0.1) is 11.6 Å². The molecule has 0 saturated heterocycles. The first kappa shape index (κ1) is 12.6. The first-order chi connectivity index (χ1) is 9.24. The van der Waals surface area contributed by atoms with Gasteiger partial charge in [-0.3, -0.25) is 0 Å². The molecular formula is C16H11NO2. The third kappa shape index (κ3) is 2.70. The minimum atomic E-state index is -1.11. The third-order valence-corrected chi connectivity index (χ3v) is 2.74. The van der Waals surface area contributed by atoms with Gasteiger partial charge in [0.1, 0.15) is 0 Å². The van der Waals surface area contributed by atoms with Gasteiger partial charge in [-0.1, -0.05) is 54.6 Å². The van der Waals surface area contributed by atoms with E-state index in [0.29, 0.717) is 5.56 Å². The summed E-state index contributed by atoms with van der Waals surface area (Å²) in [6, 6.07) is 18.4. The van der Waals surface area contributed by atoms with E-state index in [2.05, 4.69) is 0 Å². The van der Waals surface area contributed by atoms with E-state index in [1.165, 1.54) is 0 Å². The molecule has 0 radical (unpaired) electrons. The minimum absolute atomic E-state index is 0.00181. The standard InChI is InChI=1S/C16H11NO2/c17-11-10-15(16(18)19)14-9-5-4-8-13(14)12-6-2-1-3-7-12/h1-10H,(H,18,19). The Balaban J connectivity index is 2.63. The van der Waals surface area contributed by atoms with E-state index < -0.39 is 5.97 Å². The van der Waals surface area contributed by atoms with Crippen molar-refractivity contribution in [3.8, 4) is 17.2 Å². The highest BCUT2D eigenvalue weighted by Gasteiger charge is 2.14. The highest BCUT2D eigenvalue weighted by molar-refractivity contribution is 6.17. The summed E-state index contributed by atoms with van der Waals surface area (Å²) >= 11 is 0. The lowest BCUT2D eigenvalue weighted by Crippen LogP contribution is -2.01. The molecule has 0 aliphatic heterocycles.